The molecular weight excluding hydrogens is 240 g/mol. The summed E-state index contributed by atoms with van der Waals surface area (Å²) in [7, 11) is 0. The maximum Gasteiger partial charge on any atom is 0.322 e. The second-order valence-corrected chi connectivity index (χ2v) is 4.76. The average molecular weight is 259 g/mol. The van der Waals surface area contributed by atoms with Crippen LogP contribution in [-0.2, 0) is 0 Å². The van der Waals surface area contributed by atoms with Gasteiger partial charge in [-0.25, -0.2) is 0 Å². The molecule has 5 nitrogen and oxygen atoms in total. The lowest BCUT2D eigenvalue weighted by Crippen LogP contribution is -2.30. The van der Waals surface area contributed by atoms with Crippen LogP contribution in [0.25, 0.3) is 0 Å². The van der Waals surface area contributed by atoms with Gasteiger partial charge in [-0.05, 0) is 38.3 Å². The van der Waals surface area contributed by atoms with E-state index in [1.54, 1.807) is 0 Å². The topological polar surface area (TPSA) is 59.9 Å². The van der Waals surface area contributed by atoms with Crippen molar-refractivity contribution >= 4 is 17.5 Å². The average Bonchev–Trinajstić information content (AvgIpc) is 2.25. The van der Waals surface area contributed by atoms with Gasteiger partial charge in [-0.15, -0.1) is 0 Å². The predicted molar refractivity (Wildman–Crippen MR) is 68.6 cm³/mol. The van der Waals surface area contributed by atoms with Crippen molar-refractivity contribution in [1.29, 1.82) is 0 Å². The SMILES string of the molecule is CCCOc1nc(Cl)nc(NC(C)(C)CC)n1. The molecule has 1 aromatic rings. The van der Waals surface area contributed by atoms with Gasteiger partial charge in [0.1, 0.15) is 0 Å². The lowest BCUT2D eigenvalue weighted by molar-refractivity contribution is 0.291. The highest BCUT2D eigenvalue weighted by molar-refractivity contribution is 6.28. The van der Waals surface area contributed by atoms with E-state index < -0.39 is 0 Å². The Morgan fingerprint density at radius 1 is 1.24 bits per heavy atom. The molecule has 0 saturated heterocycles. The van der Waals surface area contributed by atoms with Crippen LogP contribution < -0.4 is 10.1 Å². The number of hydrogen-bond donors (Lipinski definition) is 1. The van der Waals surface area contributed by atoms with E-state index in [-0.39, 0.29) is 16.8 Å². The van der Waals surface area contributed by atoms with Crippen LogP contribution in [0.1, 0.15) is 40.5 Å². The van der Waals surface area contributed by atoms with Gasteiger partial charge in [0.15, 0.2) is 0 Å². The van der Waals surface area contributed by atoms with Crippen LogP contribution in [0.2, 0.25) is 5.28 Å². The first kappa shape index (κ1) is 14.0. The molecular formula is C11H19ClN4O. The minimum absolute atomic E-state index is 0.0906. The number of aromatic nitrogens is 3. The molecule has 0 aliphatic carbocycles. The van der Waals surface area contributed by atoms with E-state index in [0.717, 1.165) is 12.8 Å². The number of nitrogens with one attached hydrogen (secondary N) is 1. The molecule has 96 valence electrons. The molecule has 0 aromatic carbocycles. The van der Waals surface area contributed by atoms with E-state index >= 15 is 0 Å². The zero-order chi connectivity index (χ0) is 12.9. The van der Waals surface area contributed by atoms with Crippen LogP contribution >= 0.6 is 11.6 Å². The molecule has 0 amide bonds. The van der Waals surface area contributed by atoms with Gasteiger partial charge in [-0.1, -0.05) is 13.8 Å². The normalized spacial score (nSPS) is 11.4. The Morgan fingerprint density at radius 3 is 2.53 bits per heavy atom. The third-order valence-electron chi connectivity index (χ3n) is 2.36. The maximum atomic E-state index is 5.82. The Balaban J connectivity index is 2.82. The Labute approximate surface area is 107 Å². The fourth-order valence-electron chi connectivity index (χ4n) is 1.04. The highest BCUT2D eigenvalue weighted by Crippen LogP contribution is 2.17. The summed E-state index contributed by atoms with van der Waals surface area (Å²) in [5, 5.41) is 3.34. The fourth-order valence-corrected chi connectivity index (χ4v) is 1.19. The molecule has 0 fully saturated rings. The third-order valence-corrected chi connectivity index (χ3v) is 2.53. The molecule has 0 radical (unpaired) electrons. The number of ether oxygens (including phenoxy) is 1. The molecule has 0 saturated carbocycles. The Bertz CT molecular complexity index is 370. The molecule has 6 heteroatoms. The van der Waals surface area contributed by atoms with Crippen molar-refractivity contribution in [3.8, 4) is 6.01 Å². The number of halogens is 1. The summed E-state index contributed by atoms with van der Waals surface area (Å²) in [5.74, 6) is 0.447. The Morgan fingerprint density at radius 2 is 1.94 bits per heavy atom. The standard InChI is InChI=1S/C11H19ClN4O/c1-5-7-17-10-14-8(12)13-9(15-10)16-11(3,4)6-2/h5-7H2,1-4H3,(H,13,14,15,16). The van der Waals surface area contributed by atoms with E-state index in [2.05, 4.69) is 41.0 Å². The van der Waals surface area contributed by atoms with E-state index in [1.807, 2.05) is 6.92 Å². The maximum absolute atomic E-state index is 5.82. The van der Waals surface area contributed by atoms with Crippen LogP contribution in [0, 0.1) is 0 Å². The highest BCUT2D eigenvalue weighted by Gasteiger charge is 2.17. The molecule has 0 spiro atoms. The van der Waals surface area contributed by atoms with E-state index in [4.69, 9.17) is 16.3 Å². The summed E-state index contributed by atoms with van der Waals surface area (Å²) in [6, 6.07) is 0.265. The molecule has 1 N–H and O–H groups in total. The van der Waals surface area contributed by atoms with Crippen molar-refractivity contribution in [2.24, 2.45) is 0 Å². The first-order valence-corrected chi connectivity index (χ1v) is 6.17. The van der Waals surface area contributed by atoms with Crippen LogP contribution in [-0.4, -0.2) is 27.1 Å². The quantitative estimate of drug-likeness (QED) is 0.850. The van der Waals surface area contributed by atoms with E-state index in [9.17, 15) is 0 Å². The predicted octanol–water partition coefficient (Wildman–Crippen LogP) is 2.91. The van der Waals surface area contributed by atoms with Gasteiger partial charge in [0, 0.05) is 5.54 Å². The van der Waals surface area contributed by atoms with Crippen molar-refractivity contribution in [2.45, 2.75) is 46.1 Å². The van der Waals surface area contributed by atoms with Crippen molar-refractivity contribution in [3.05, 3.63) is 5.28 Å². The molecule has 0 unspecified atom stereocenters. The fraction of sp³-hybridized carbons (Fsp3) is 0.727. The Kier molecular flexibility index (Phi) is 4.93. The van der Waals surface area contributed by atoms with Crippen LogP contribution in [0.3, 0.4) is 0 Å². The number of nitrogens with zero attached hydrogens (tertiary/aromatic N) is 3. The summed E-state index contributed by atoms with van der Waals surface area (Å²) in [6.07, 6.45) is 1.84. The van der Waals surface area contributed by atoms with Crippen molar-refractivity contribution in [3.63, 3.8) is 0 Å². The summed E-state index contributed by atoms with van der Waals surface area (Å²) < 4.78 is 5.34. The summed E-state index contributed by atoms with van der Waals surface area (Å²) in [5.41, 5.74) is -0.0906. The second-order valence-electron chi connectivity index (χ2n) is 4.42. The lowest BCUT2D eigenvalue weighted by atomic mass is 10.0. The van der Waals surface area contributed by atoms with Crippen molar-refractivity contribution in [1.82, 2.24) is 15.0 Å². The molecule has 17 heavy (non-hydrogen) atoms. The van der Waals surface area contributed by atoms with Gasteiger partial charge in [0.05, 0.1) is 6.61 Å². The van der Waals surface area contributed by atoms with Gasteiger partial charge in [-0.2, -0.15) is 15.0 Å². The summed E-state index contributed by atoms with van der Waals surface area (Å²) in [4.78, 5) is 12.1. The molecule has 0 atom stereocenters. The van der Waals surface area contributed by atoms with Gasteiger partial charge in [0.25, 0.3) is 0 Å². The summed E-state index contributed by atoms with van der Waals surface area (Å²) >= 11 is 5.82. The number of hydrogen-bond acceptors (Lipinski definition) is 5. The molecule has 1 heterocycles. The van der Waals surface area contributed by atoms with E-state index in [0.29, 0.717) is 12.6 Å². The zero-order valence-electron chi connectivity index (χ0n) is 10.7. The monoisotopic (exact) mass is 258 g/mol. The highest BCUT2D eigenvalue weighted by atomic mass is 35.5. The molecule has 0 aliphatic rings. The lowest BCUT2D eigenvalue weighted by Gasteiger charge is -2.24. The third kappa shape index (κ3) is 4.73. The molecule has 1 aromatic heterocycles. The second kappa shape index (κ2) is 6.00. The number of rotatable bonds is 6. The van der Waals surface area contributed by atoms with E-state index in [1.165, 1.54) is 0 Å². The zero-order valence-corrected chi connectivity index (χ0v) is 11.5. The minimum atomic E-state index is -0.0906. The van der Waals surface area contributed by atoms with Crippen LogP contribution in [0.4, 0.5) is 5.95 Å². The number of anilines is 1. The van der Waals surface area contributed by atoms with Gasteiger partial charge in [-0.3, -0.25) is 0 Å². The molecule has 0 aliphatic heterocycles. The summed E-state index contributed by atoms with van der Waals surface area (Å²) in [6.45, 7) is 8.80. The minimum Gasteiger partial charge on any atom is -0.463 e. The van der Waals surface area contributed by atoms with Crippen molar-refractivity contribution < 1.29 is 4.74 Å². The van der Waals surface area contributed by atoms with Crippen molar-refractivity contribution in [2.75, 3.05) is 11.9 Å². The van der Waals surface area contributed by atoms with Gasteiger partial charge >= 0.3 is 6.01 Å². The van der Waals surface area contributed by atoms with Gasteiger partial charge in [0.2, 0.25) is 11.2 Å². The molecule has 0 bridgehead atoms. The van der Waals surface area contributed by atoms with Crippen LogP contribution in [0.15, 0.2) is 0 Å². The first-order chi connectivity index (χ1) is 7.96. The molecule has 1 rings (SSSR count). The Hall–Kier alpha value is -1.10. The van der Waals surface area contributed by atoms with Gasteiger partial charge < -0.3 is 10.1 Å². The smallest absolute Gasteiger partial charge is 0.322 e. The van der Waals surface area contributed by atoms with Crippen LogP contribution in [0.5, 0.6) is 6.01 Å². The largest absolute Gasteiger partial charge is 0.463 e. The first-order valence-electron chi connectivity index (χ1n) is 5.79.